The summed E-state index contributed by atoms with van der Waals surface area (Å²) in [6.07, 6.45) is 3.00. The van der Waals surface area contributed by atoms with Crippen LogP contribution in [0.5, 0.6) is 17.2 Å². The Morgan fingerprint density at radius 3 is 2.20 bits per heavy atom. The first-order chi connectivity index (χ1) is 24.7. The van der Waals surface area contributed by atoms with Crippen LogP contribution in [0.1, 0.15) is 46.0 Å². The number of methoxy groups -OCH3 is 3. The zero-order chi connectivity index (χ0) is 36.1. The molecule has 3 aliphatic rings. The van der Waals surface area contributed by atoms with Crippen molar-refractivity contribution in [3.63, 3.8) is 0 Å². The maximum atomic E-state index is 13.8. The van der Waals surface area contributed by atoms with Crippen LogP contribution in [0.3, 0.4) is 0 Å². The highest BCUT2D eigenvalue weighted by atomic mass is 35.5. The zero-order valence-electron chi connectivity index (χ0n) is 28.6. The molecule has 4 heterocycles. The molecular weight excluding hydrogens is 697 g/mol. The number of carbonyl (C=O) groups is 2. The number of hydrogen-bond donors (Lipinski definition) is 0. The number of piperidine rings is 3. The van der Waals surface area contributed by atoms with E-state index in [4.69, 9.17) is 46.9 Å². The van der Waals surface area contributed by atoms with Crippen molar-refractivity contribution in [1.29, 1.82) is 0 Å². The predicted molar refractivity (Wildman–Crippen MR) is 192 cm³/mol. The number of amides is 1. The molecule has 0 unspecified atom stereocenters. The van der Waals surface area contributed by atoms with E-state index in [1.807, 2.05) is 18.2 Å². The van der Waals surface area contributed by atoms with Crippen molar-refractivity contribution < 1.29 is 38.0 Å². The molecule has 0 spiro atoms. The van der Waals surface area contributed by atoms with Crippen molar-refractivity contribution in [3.05, 3.63) is 117 Å². The summed E-state index contributed by atoms with van der Waals surface area (Å²) in [5.41, 5.74) is 2.65. The fourth-order valence-electron chi connectivity index (χ4n) is 6.66. The molecule has 7 rings (SSSR count). The minimum Gasteiger partial charge on any atom is -0.619 e. The second kappa shape index (κ2) is 16.1. The van der Waals surface area contributed by atoms with Gasteiger partial charge in [-0.1, -0.05) is 53.5 Å². The van der Waals surface area contributed by atoms with Crippen molar-refractivity contribution in [2.75, 3.05) is 45.9 Å². The Morgan fingerprint density at radius 1 is 0.902 bits per heavy atom. The third-order valence-corrected chi connectivity index (χ3v) is 10.1. The summed E-state index contributed by atoms with van der Waals surface area (Å²) in [7, 11) is 4.59. The highest BCUT2D eigenvalue weighted by molar-refractivity contribution is 6.35. The smallest absolute Gasteiger partial charge is 0.415 e. The first-order valence-electron chi connectivity index (χ1n) is 16.6. The van der Waals surface area contributed by atoms with E-state index >= 15 is 0 Å². The van der Waals surface area contributed by atoms with Crippen LogP contribution in [0.25, 0.3) is 0 Å². The zero-order valence-corrected chi connectivity index (χ0v) is 30.1. The van der Waals surface area contributed by atoms with E-state index in [0.717, 1.165) is 38.0 Å². The van der Waals surface area contributed by atoms with E-state index < -0.39 is 18.2 Å². The predicted octanol–water partition coefficient (Wildman–Crippen LogP) is 7.03. The first-order valence-corrected chi connectivity index (χ1v) is 17.3. The fraction of sp³-hybridized carbons (Fsp3) is 0.342. The van der Waals surface area contributed by atoms with Gasteiger partial charge < -0.3 is 28.9 Å². The van der Waals surface area contributed by atoms with Crippen LogP contribution < -0.4 is 23.8 Å². The summed E-state index contributed by atoms with van der Waals surface area (Å²) >= 11 is 12.8. The molecule has 3 aromatic carbocycles. The largest absolute Gasteiger partial charge is 0.619 e. The number of ether oxygens (including phenoxy) is 5. The van der Waals surface area contributed by atoms with Gasteiger partial charge in [-0.25, -0.2) is 9.59 Å². The lowest BCUT2D eigenvalue weighted by Crippen LogP contribution is -2.53. The van der Waals surface area contributed by atoms with Crippen molar-refractivity contribution >= 4 is 41.0 Å². The summed E-state index contributed by atoms with van der Waals surface area (Å²) in [4.78, 5) is 31.3. The number of rotatable bonds is 12. The molecule has 51 heavy (non-hydrogen) atoms. The summed E-state index contributed by atoms with van der Waals surface area (Å²) in [5, 5.41) is 12.2. The molecule has 2 atom stereocenters. The lowest BCUT2D eigenvalue weighted by Gasteiger charge is -2.44. The highest BCUT2D eigenvalue weighted by Crippen LogP contribution is 2.36. The lowest BCUT2D eigenvalue weighted by molar-refractivity contribution is -0.605. The van der Waals surface area contributed by atoms with E-state index in [2.05, 4.69) is 4.90 Å². The van der Waals surface area contributed by atoms with Gasteiger partial charge in [0.25, 0.3) is 0 Å². The normalized spacial score (nSPS) is 18.4. The van der Waals surface area contributed by atoms with Gasteiger partial charge in [0, 0.05) is 18.5 Å². The molecule has 4 aromatic rings. The van der Waals surface area contributed by atoms with Crippen molar-refractivity contribution in [1.82, 2.24) is 4.90 Å². The van der Waals surface area contributed by atoms with Crippen LogP contribution in [0.2, 0.25) is 10.0 Å². The SMILES string of the molecule is COc1ccc([C@H](Cc2c(Cl)c[n+]([O-])cc2Cl)OC(=O)c2ccc(CN(C(=O)O[C@H]3CN4CCC3CC4)c3ccccc3OC)cc2)cc1OC. The fourth-order valence-corrected chi connectivity index (χ4v) is 7.25. The van der Waals surface area contributed by atoms with Crippen molar-refractivity contribution in [2.24, 2.45) is 5.92 Å². The average Bonchev–Trinajstić information content (AvgIpc) is 3.15. The van der Waals surface area contributed by atoms with Gasteiger partial charge in [0.05, 0.1) is 39.1 Å². The Balaban J connectivity index is 1.23. The number of esters is 1. The van der Waals surface area contributed by atoms with Crippen molar-refractivity contribution in [3.8, 4) is 17.2 Å². The number of benzene rings is 3. The van der Waals surface area contributed by atoms with Gasteiger partial charge in [-0.15, -0.1) is 0 Å². The van der Waals surface area contributed by atoms with Crippen LogP contribution in [0, 0.1) is 11.1 Å². The monoisotopic (exact) mass is 735 g/mol. The van der Waals surface area contributed by atoms with E-state index in [1.165, 1.54) is 26.6 Å². The molecule has 0 N–H and O–H groups in total. The molecule has 3 fully saturated rings. The van der Waals surface area contributed by atoms with E-state index in [9.17, 15) is 14.8 Å². The van der Waals surface area contributed by atoms with Crippen LogP contribution >= 0.6 is 23.2 Å². The number of carbonyl (C=O) groups excluding carboxylic acids is 2. The molecule has 0 aliphatic carbocycles. The van der Waals surface area contributed by atoms with E-state index in [1.54, 1.807) is 60.5 Å². The topological polar surface area (TPSA) is 114 Å². The number of fused-ring (bicyclic) bond motifs is 3. The average molecular weight is 737 g/mol. The molecule has 268 valence electrons. The molecule has 2 bridgehead atoms. The summed E-state index contributed by atoms with van der Waals surface area (Å²) in [6, 6.07) is 19.3. The third-order valence-electron chi connectivity index (χ3n) is 9.45. The number of aromatic nitrogens is 1. The molecule has 1 amide bonds. The van der Waals surface area contributed by atoms with Gasteiger partial charge >= 0.3 is 12.1 Å². The van der Waals surface area contributed by atoms with Crippen LogP contribution in [-0.2, 0) is 22.4 Å². The lowest BCUT2D eigenvalue weighted by atomic mass is 9.86. The molecule has 13 heteroatoms. The highest BCUT2D eigenvalue weighted by Gasteiger charge is 2.38. The Kier molecular flexibility index (Phi) is 11.4. The second-order valence-electron chi connectivity index (χ2n) is 12.5. The standard InChI is InChI=1S/C38H39Cl2N3O8/c1-47-32-7-5-4-6-31(32)43(38(45)51-36-23-41-16-14-25(36)15-17-41)20-24-8-10-26(11-9-24)37(44)50-34(19-28-29(39)21-42(46)22-30(28)40)27-12-13-33(48-2)35(18-27)49-3/h4-13,18,21-22,25,34,36H,14-17,19-20,23H2,1-3H3/t34-,36-/m0/s1. The van der Waals surface area contributed by atoms with E-state index in [-0.39, 0.29) is 34.7 Å². The first kappa shape index (κ1) is 36.1. The second-order valence-corrected chi connectivity index (χ2v) is 13.3. The Labute approximate surface area is 306 Å². The number of hydrogen-bond acceptors (Lipinski definition) is 9. The van der Waals surface area contributed by atoms with Gasteiger partial charge in [0.1, 0.15) is 28.0 Å². The quantitative estimate of drug-likeness (QED) is 0.0860. The minimum absolute atomic E-state index is 0.0768. The number of para-hydroxylation sites is 2. The molecule has 11 nitrogen and oxygen atoms in total. The number of halogens is 2. The molecule has 1 aromatic heterocycles. The number of nitrogens with zero attached hydrogens (tertiary/aromatic N) is 3. The number of anilines is 1. The van der Waals surface area contributed by atoms with Crippen molar-refractivity contribution in [2.45, 2.75) is 38.0 Å². The van der Waals surface area contributed by atoms with Gasteiger partial charge in [-0.2, -0.15) is 4.73 Å². The number of pyridine rings is 1. The Morgan fingerprint density at radius 2 is 1.57 bits per heavy atom. The van der Waals surface area contributed by atoms with Gasteiger partial charge in [0.15, 0.2) is 23.9 Å². The van der Waals surface area contributed by atoms with Gasteiger partial charge in [-0.05, 0) is 79.4 Å². The molecule has 0 saturated carbocycles. The summed E-state index contributed by atoms with van der Waals surface area (Å²) < 4.78 is 29.2. The maximum absolute atomic E-state index is 13.8. The van der Waals surface area contributed by atoms with E-state index in [0.29, 0.717) is 44.7 Å². The van der Waals surface area contributed by atoms with Crippen LogP contribution in [-0.4, -0.2) is 64.0 Å². The Hall–Kier alpha value is -4.71. The minimum atomic E-state index is -0.864. The molecule has 3 aliphatic heterocycles. The third kappa shape index (κ3) is 8.27. The molecule has 0 radical (unpaired) electrons. The summed E-state index contributed by atoms with van der Waals surface area (Å²) in [5.74, 6) is 1.22. The molecular formula is C38H39Cl2N3O8. The molecule has 3 saturated heterocycles. The Bertz CT molecular complexity index is 1840. The summed E-state index contributed by atoms with van der Waals surface area (Å²) in [6.45, 7) is 2.98. The van der Waals surface area contributed by atoms with Crippen LogP contribution in [0.4, 0.5) is 10.5 Å². The van der Waals surface area contributed by atoms with Gasteiger partial charge in [0.2, 0.25) is 0 Å². The maximum Gasteiger partial charge on any atom is 0.415 e. The van der Waals surface area contributed by atoms with Gasteiger partial charge in [-0.3, -0.25) is 9.80 Å². The van der Waals surface area contributed by atoms with Crippen LogP contribution in [0.15, 0.2) is 79.1 Å².